The Morgan fingerprint density at radius 1 is 1.07 bits per heavy atom. The lowest BCUT2D eigenvalue weighted by Gasteiger charge is -2.54. The van der Waals surface area contributed by atoms with Crippen LogP contribution in [0.4, 0.5) is 4.79 Å². The first kappa shape index (κ1) is 28.9. The molecule has 7 rings (SSSR count). The summed E-state index contributed by atoms with van der Waals surface area (Å²) in [6, 6.07) is 10.1. The van der Waals surface area contributed by atoms with Gasteiger partial charge in [-0.15, -0.1) is 0 Å². The summed E-state index contributed by atoms with van der Waals surface area (Å²) >= 11 is 0. The highest BCUT2D eigenvalue weighted by atomic mass is 16.6. The van der Waals surface area contributed by atoms with Crippen molar-refractivity contribution in [3.63, 3.8) is 0 Å². The van der Waals surface area contributed by atoms with Gasteiger partial charge in [0.1, 0.15) is 6.61 Å². The van der Waals surface area contributed by atoms with Crippen molar-refractivity contribution in [3.8, 4) is 0 Å². The lowest BCUT2D eigenvalue weighted by molar-refractivity contribution is -0.0863. The van der Waals surface area contributed by atoms with Crippen LogP contribution in [0.5, 0.6) is 0 Å². The zero-order chi connectivity index (χ0) is 29.2. The molecule has 2 heterocycles. The maximum atomic E-state index is 13.5. The molecule has 0 N–H and O–H groups in total. The fourth-order valence-electron chi connectivity index (χ4n) is 11.2. The first-order valence-electron chi connectivity index (χ1n) is 17.1. The van der Waals surface area contributed by atoms with Crippen LogP contribution in [-0.2, 0) is 20.8 Å². The molecule has 1 amide bonds. The Morgan fingerprint density at radius 2 is 1.88 bits per heavy atom. The minimum atomic E-state index is -0.176. The maximum absolute atomic E-state index is 13.5. The molecule has 2 saturated heterocycles. The van der Waals surface area contributed by atoms with Gasteiger partial charge in [-0.1, -0.05) is 62.2 Å². The smallest absolute Gasteiger partial charge is 0.410 e. The minimum absolute atomic E-state index is 0.0956. The van der Waals surface area contributed by atoms with E-state index in [1.54, 1.807) is 11.1 Å². The summed E-state index contributed by atoms with van der Waals surface area (Å²) in [5.41, 5.74) is 4.72. The third-order valence-corrected chi connectivity index (χ3v) is 13.5. The molecule has 42 heavy (non-hydrogen) atoms. The average molecular weight is 576 g/mol. The van der Waals surface area contributed by atoms with Gasteiger partial charge >= 0.3 is 6.09 Å². The Balaban J connectivity index is 1.10. The average Bonchev–Trinajstić information content (AvgIpc) is 3.45. The second-order valence-electron chi connectivity index (χ2n) is 15.5. The molecule has 2 aliphatic heterocycles. The fourth-order valence-corrected chi connectivity index (χ4v) is 11.2. The van der Waals surface area contributed by atoms with Gasteiger partial charge in [0, 0.05) is 19.6 Å². The lowest BCUT2D eigenvalue weighted by Crippen LogP contribution is -2.54. The van der Waals surface area contributed by atoms with Crippen molar-refractivity contribution in [1.29, 1.82) is 0 Å². The van der Waals surface area contributed by atoms with Crippen molar-refractivity contribution in [2.45, 2.75) is 122 Å². The third-order valence-electron chi connectivity index (χ3n) is 13.5. The Bertz CT molecular complexity index is 1200. The van der Waals surface area contributed by atoms with E-state index in [1.807, 2.05) is 42.3 Å². The second kappa shape index (κ2) is 10.9. The molecular formula is C37H53NO4. The number of benzene rings is 1. The zero-order valence-electron chi connectivity index (χ0n) is 26.6. The van der Waals surface area contributed by atoms with Crippen LogP contribution in [0.3, 0.4) is 0 Å². The van der Waals surface area contributed by atoms with E-state index in [1.165, 1.54) is 44.9 Å². The molecule has 0 aromatic heterocycles. The maximum Gasteiger partial charge on any atom is 0.410 e. The monoisotopic (exact) mass is 575 g/mol. The third kappa shape index (κ3) is 4.67. The van der Waals surface area contributed by atoms with Gasteiger partial charge < -0.3 is 19.1 Å². The highest BCUT2D eigenvalue weighted by molar-refractivity contribution is 5.68. The van der Waals surface area contributed by atoms with Crippen LogP contribution in [0.2, 0.25) is 0 Å². The molecule has 3 saturated carbocycles. The van der Waals surface area contributed by atoms with E-state index in [9.17, 15) is 4.79 Å². The van der Waals surface area contributed by atoms with E-state index in [0.29, 0.717) is 30.0 Å². The minimum Gasteiger partial charge on any atom is -0.445 e. The van der Waals surface area contributed by atoms with Gasteiger partial charge in [0.15, 0.2) is 0 Å². The largest absolute Gasteiger partial charge is 0.445 e. The first-order chi connectivity index (χ1) is 20.2. The predicted octanol–water partition coefficient (Wildman–Crippen LogP) is 8.18. The Hall–Kier alpha value is -1.85. The van der Waals surface area contributed by atoms with Gasteiger partial charge in [0.2, 0.25) is 0 Å². The van der Waals surface area contributed by atoms with E-state index in [4.69, 9.17) is 14.2 Å². The molecule has 0 radical (unpaired) electrons. The van der Waals surface area contributed by atoms with Gasteiger partial charge in [0.25, 0.3) is 0 Å². The molecule has 1 spiro atoms. The van der Waals surface area contributed by atoms with Crippen LogP contribution in [0.15, 0.2) is 41.5 Å². The molecular weight excluding hydrogens is 522 g/mol. The normalized spacial score (nSPS) is 44.7. The Morgan fingerprint density at radius 3 is 2.67 bits per heavy atom. The van der Waals surface area contributed by atoms with Crippen LogP contribution in [0.1, 0.15) is 97.5 Å². The molecule has 5 heteroatoms. The predicted molar refractivity (Wildman–Crippen MR) is 165 cm³/mol. The van der Waals surface area contributed by atoms with Crippen LogP contribution < -0.4 is 0 Å². The number of allylic oxidation sites excluding steroid dienone is 1. The number of carbonyl (C=O) groups excluding carboxylic acids is 1. The van der Waals surface area contributed by atoms with E-state index < -0.39 is 0 Å². The van der Waals surface area contributed by atoms with Crippen LogP contribution >= 0.6 is 0 Å². The van der Waals surface area contributed by atoms with Crippen LogP contribution in [-0.4, -0.2) is 48.5 Å². The SMILES string of the molecule is CO[C@@H]1CC[C@@]2(C)[C@H](CC[C@H]3[C@@H]4CC[C@@]5(CC(C)=C4C[C@@H]32)O[C@@H]2C[C@H](C)CN(C(=O)OCc3ccccc3)[C@H]2[C@H]5C)C1. The number of rotatable bonds is 3. The van der Waals surface area contributed by atoms with E-state index >= 15 is 0 Å². The van der Waals surface area contributed by atoms with Gasteiger partial charge in [-0.3, -0.25) is 0 Å². The number of fused-ring (bicyclic) bond motifs is 6. The van der Waals surface area contributed by atoms with Gasteiger partial charge in [-0.25, -0.2) is 4.79 Å². The molecule has 5 fully saturated rings. The molecule has 0 bridgehead atoms. The van der Waals surface area contributed by atoms with E-state index in [-0.39, 0.29) is 23.8 Å². The highest BCUT2D eigenvalue weighted by Crippen LogP contribution is 2.65. The molecule has 11 atom stereocenters. The van der Waals surface area contributed by atoms with Crippen LogP contribution in [0, 0.1) is 40.9 Å². The van der Waals surface area contributed by atoms with Crippen molar-refractivity contribution in [3.05, 3.63) is 47.0 Å². The lowest BCUT2D eigenvalue weighted by atomic mass is 9.52. The topological polar surface area (TPSA) is 48.0 Å². The molecule has 1 aromatic carbocycles. The van der Waals surface area contributed by atoms with E-state index in [0.717, 1.165) is 55.0 Å². The van der Waals surface area contributed by atoms with Gasteiger partial charge in [-0.2, -0.15) is 0 Å². The van der Waals surface area contributed by atoms with Crippen molar-refractivity contribution in [1.82, 2.24) is 4.90 Å². The molecule has 0 unspecified atom stereocenters. The number of piperidine rings is 1. The highest BCUT2D eigenvalue weighted by Gasteiger charge is 2.61. The number of carbonyl (C=O) groups is 1. The number of likely N-dealkylation sites (tertiary alicyclic amines) is 1. The quantitative estimate of drug-likeness (QED) is 0.341. The van der Waals surface area contributed by atoms with Gasteiger partial charge in [0.05, 0.1) is 23.9 Å². The zero-order valence-corrected chi connectivity index (χ0v) is 26.6. The van der Waals surface area contributed by atoms with Gasteiger partial charge in [-0.05, 0) is 112 Å². The Labute approximate surface area is 253 Å². The molecule has 4 aliphatic carbocycles. The van der Waals surface area contributed by atoms with E-state index in [2.05, 4.69) is 27.7 Å². The number of amides is 1. The summed E-state index contributed by atoms with van der Waals surface area (Å²) in [5.74, 6) is 3.90. The van der Waals surface area contributed by atoms with Crippen LogP contribution in [0.25, 0.3) is 0 Å². The molecule has 1 aromatic rings. The second-order valence-corrected chi connectivity index (χ2v) is 15.5. The number of methoxy groups -OCH3 is 1. The van der Waals surface area contributed by atoms with Crippen molar-refractivity contribution in [2.75, 3.05) is 13.7 Å². The first-order valence-corrected chi connectivity index (χ1v) is 17.1. The summed E-state index contributed by atoms with van der Waals surface area (Å²) in [6.45, 7) is 10.8. The standard InChI is InChI=1S/C37H53NO4/c1-23-17-33-34(38(21-23)35(39)41-22-26-9-7-6-8-10-26)25(3)37(42-33)16-14-29-30-12-11-27-18-28(40-5)13-15-36(27,4)32(30)19-31(29)24(2)20-37/h6-10,23,25,27-30,32-34H,11-22H2,1-5H3/t23-,25+,27+,28+,29-,30-,32-,33+,34-,36-,37-/m0/s1. The molecule has 6 aliphatic rings. The number of hydrogen-bond acceptors (Lipinski definition) is 4. The Kier molecular flexibility index (Phi) is 7.53. The number of hydrogen-bond donors (Lipinski definition) is 0. The number of nitrogens with zero attached hydrogens (tertiary/aromatic N) is 1. The van der Waals surface area contributed by atoms with Crippen molar-refractivity contribution < 1.29 is 19.0 Å². The van der Waals surface area contributed by atoms with Crippen molar-refractivity contribution in [2.24, 2.45) is 40.9 Å². The summed E-state index contributed by atoms with van der Waals surface area (Å²) in [4.78, 5) is 15.6. The summed E-state index contributed by atoms with van der Waals surface area (Å²) in [6.07, 6.45) is 12.7. The summed E-state index contributed by atoms with van der Waals surface area (Å²) in [7, 11) is 1.91. The summed E-state index contributed by atoms with van der Waals surface area (Å²) < 4.78 is 18.9. The van der Waals surface area contributed by atoms with Crippen molar-refractivity contribution >= 4 is 6.09 Å². The number of ether oxygens (including phenoxy) is 3. The molecule has 230 valence electrons. The fraction of sp³-hybridized carbons (Fsp3) is 0.757. The summed E-state index contributed by atoms with van der Waals surface area (Å²) in [5, 5.41) is 0. The molecule has 5 nitrogen and oxygen atoms in total.